The number of ether oxygens (including phenoxy) is 2. The molecule has 45 heavy (non-hydrogen) atoms. The number of fused-ring (bicyclic) bond motifs is 2. The molecule has 2 unspecified atom stereocenters. The lowest BCUT2D eigenvalue weighted by Gasteiger charge is -2.42. The van der Waals surface area contributed by atoms with Gasteiger partial charge in [0.2, 0.25) is 0 Å². The molecule has 0 radical (unpaired) electrons. The van der Waals surface area contributed by atoms with Crippen molar-refractivity contribution in [1.29, 1.82) is 0 Å². The van der Waals surface area contributed by atoms with Crippen LogP contribution in [0.4, 0.5) is 14.6 Å². The number of rotatable bonds is 5. The van der Waals surface area contributed by atoms with E-state index in [2.05, 4.69) is 22.0 Å². The Morgan fingerprint density at radius 3 is 2.91 bits per heavy atom. The lowest BCUT2D eigenvalue weighted by Crippen LogP contribution is -2.60. The summed E-state index contributed by atoms with van der Waals surface area (Å²) in [6.07, 6.45) is 3.27. The van der Waals surface area contributed by atoms with E-state index in [1.54, 1.807) is 18.2 Å². The third-order valence-corrected chi connectivity index (χ3v) is 11.8. The van der Waals surface area contributed by atoms with Gasteiger partial charge in [-0.2, -0.15) is 9.97 Å². The number of piperazine rings is 1. The Balaban J connectivity index is 1.17. The first-order chi connectivity index (χ1) is 21.9. The molecule has 0 amide bonds. The fraction of sp³-hybridized carbons (Fsp3) is 0.486. The lowest BCUT2D eigenvalue weighted by atomic mass is 9.92. The number of benzene rings is 3. The minimum absolute atomic E-state index is 0.0650. The van der Waals surface area contributed by atoms with Crippen molar-refractivity contribution in [2.24, 2.45) is 5.92 Å². The Hall–Kier alpha value is -3.76. The molecule has 7 aliphatic rings. The molecular formula is C35H35F2N5O3. The van der Waals surface area contributed by atoms with E-state index >= 15 is 4.39 Å². The lowest BCUT2D eigenvalue weighted by molar-refractivity contribution is 0.107. The maximum absolute atomic E-state index is 17.1. The summed E-state index contributed by atoms with van der Waals surface area (Å²) in [7, 11) is 0. The van der Waals surface area contributed by atoms with E-state index in [1.807, 2.05) is 18.2 Å². The van der Waals surface area contributed by atoms with Gasteiger partial charge in [0.15, 0.2) is 5.82 Å². The summed E-state index contributed by atoms with van der Waals surface area (Å²) < 4.78 is 44.7. The van der Waals surface area contributed by atoms with E-state index in [4.69, 9.17) is 19.4 Å². The first kappa shape index (κ1) is 26.5. The molecule has 5 saturated heterocycles. The fourth-order valence-corrected chi connectivity index (χ4v) is 9.79. The highest BCUT2D eigenvalue weighted by molar-refractivity contribution is 6.05. The first-order valence-electron chi connectivity index (χ1n) is 16.4. The van der Waals surface area contributed by atoms with Crippen LogP contribution in [0.5, 0.6) is 17.5 Å². The van der Waals surface area contributed by atoms with Gasteiger partial charge in [-0.05, 0) is 72.3 Å². The molecule has 4 bridgehead atoms. The number of nitrogens with zero attached hydrogens (tertiary/aromatic N) is 4. The highest BCUT2D eigenvalue weighted by atomic mass is 19.1. The van der Waals surface area contributed by atoms with Crippen LogP contribution in [0.15, 0.2) is 36.4 Å². The number of aryl methyl sites for hydroxylation is 1. The normalized spacial score (nSPS) is 32.5. The van der Waals surface area contributed by atoms with Gasteiger partial charge in [0.05, 0.1) is 16.5 Å². The van der Waals surface area contributed by atoms with Gasteiger partial charge in [0, 0.05) is 43.1 Å². The molecule has 232 valence electrons. The molecule has 7 heterocycles. The molecular weight excluding hydrogens is 576 g/mol. The average molecular weight is 612 g/mol. The third-order valence-electron chi connectivity index (χ3n) is 11.8. The van der Waals surface area contributed by atoms with Gasteiger partial charge in [0.25, 0.3) is 0 Å². The summed E-state index contributed by atoms with van der Waals surface area (Å²) in [5.41, 5.74) is 1.50. The van der Waals surface area contributed by atoms with Crippen molar-refractivity contribution < 1.29 is 23.4 Å². The van der Waals surface area contributed by atoms with Gasteiger partial charge < -0.3 is 24.8 Å². The molecule has 8 nitrogen and oxygen atoms in total. The van der Waals surface area contributed by atoms with Crippen molar-refractivity contribution in [3.8, 4) is 28.6 Å². The predicted molar refractivity (Wildman–Crippen MR) is 166 cm³/mol. The number of hydrogen-bond acceptors (Lipinski definition) is 8. The minimum Gasteiger partial charge on any atom is -0.508 e. The van der Waals surface area contributed by atoms with Crippen molar-refractivity contribution >= 4 is 27.5 Å². The number of phenolic OH excluding ortho intramolecular Hbond substituents is 1. The number of nitrogens with one attached hydrogen (secondary N) is 1. The maximum Gasteiger partial charge on any atom is 0.319 e. The molecule has 1 aliphatic carbocycles. The number of phenols is 1. The monoisotopic (exact) mass is 611 g/mol. The molecule has 1 saturated carbocycles. The van der Waals surface area contributed by atoms with Crippen molar-refractivity contribution in [1.82, 2.24) is 20.2 Å². The van der Waals surface area contributed by atoms with Crippen LogP contribution in [0.25, 0.3) is 32.8 Å². The predicted octanol–water partition coefficient (Wildman–Crippen LogP) is 5.12. The molecule has 10 heteroatoms. The van der Waals surface area contributed by atoms with E-state index in [0.717, 1.165) is 55.1 Å². The zero-order chi connectivity index (χ0) is 30.2. The van der Waals surface area contributed by atoms with Gasteiger partial charge in [-0.1, -0.05) is 25.1 Å². The smallest absolute Gasteiger partial charge is 0.319 e. The van der Waals surface area contributed by atoms with E-state index in [0.29, 0.717) is 65.7 Å². The Labute approximate surface area is 259 Å². The summed E-state index contributed by atoms with van der Waals surface area (Å²) in [5, 5.41) is 16.8. The molecule has 1 spiro atoms. The summed E-state index contributed by atoms with van der Waals surface area (Å²) in [6.45, 7) is 4.84. The van der Waals surface area contributed by atoms with E-state index in [9.17, 15) is 9.50 Å². The second kappa shape index (κ2) is 8.94. The minimum atomic E-state index is -0.875. The van der Waals surface area contributed by atoms with Gasteiger partial charge in [-0.15, -0.1) is 0 Å². The number of aromatic hydroxyl groups is 1. The Morgan fingerprint density at radius 2 is 2.07 bits per heavy atom. The quantitative estimate of drug-likeness (QED) is 0.322. The molecule has 2 N–H and O–H groups in total. The van der Waals surface area contributed by atoms with Crippen molar-refractivity contribution in [3.63, 3.8) is 0 Å². The van der Waals surface area contributed by atoms with Crippen LogP contribution in [0.1, 0.15) is 38.2 Å². The van der Waals surface area contributed by atoms with Gasteiger partial charge in [0.1, 0.15) is 42.2 Å². The second-order valence-electron chi connectivity index (χ2n) is 14.1. The Bertz CT molecular complexity index is 1930. The van der Waals surface area contributed by atoms with Crippen molar-refractivity contribution in [2.75, 3.05) is 37.7 Å². The average Bonchev–Trinajstić information content (AvgIpc) is 3.27. The molecule has 3 aromatic carbocycles. The first-order valence-corrected chi connectivity index (χ1v) is 16.4. The highest BCUT2D eigenvalue weighted by Gasteiger charge is 2.76. The Morgan fingerprint density at radius 1 is 1.16 bits per heavy atom. The number of halogens is 2. The standard InChI is InChI=1S/C35H35F2N5O3/c1-2-18-5-3-6-19-9-22(43)11-23(27(18)19)24-12-26-28-30(29(24)37)39-33(45-16-34-7-4-8-41(34)14-20(36)13-34)40-32(28)42-15-21-10-25-31(38-21)35(25,42)17-44-26/h3,5-6,9,11-12,20-21,25,31,38,43H,2,4,7-8,10,13-17H2,1H3/t20-,21?,25+,31?,34-,35-/m1/s1. The van der Waals surface area contributed by atoms with Crippen LogP contribution < -0.4 is 19.7 Å². The van der Waals surface area contributed by atoms with Crippen LogP contribution >= 0.6 is 0 Å². The molecule has 1 aromatic heterocycles. The molecule has 6 fully saturated rings. The molecule has 6 atom stereocenters. The summed E-state index contributed by atoms with van der Waals surface area (Å²) in [4.78, 5) is 14.3. The number of hydrogen-bond donors (Lipinski definition) is 2. The summed E-state index contributed by atoms with van der Waals surface area (Å²) in [5.74, 6) is 1.19. The maximum atomic E-state index is 17.1. The van der Waals surface area contributed by atoms with Crippen LogP contribution in [0.2, 0.25) is 0 Å². The number of aromatic nitrogens is 2. The number of piperidine rings is 2. The fourth-order valence-electron chi connectivity index (χ4n) is 9.79. The third kappa shape index (κ3) is 3.47. The second-order valence-corrected chi connectivity index (χ2v) is 14.1. The van der Waals surface area contributed by atoms with Gasteiger partial charge in [-0.3, -0.25) is 4.90 Å². The summed E-state index contributed by atoms with van der Waals surface area (Å²) >= 11 is 0. The zero-order valence-corrected chi connectivity index (χ0v) is 25.2. The molecule has 6 aliphatic heterocycles. The SMILES string of the molecule is CCc1cccc2cc(O)cc(-c3cc4c5c(nc(OC[C@]67CCCN6C[C@H](F)C7)nc5c3F)N3CC5C[C@H]6C(N5)[C@@]63CO4)c12. The van der Waals surface area contributed by atoms with Crippen LogP contribution in [-0.4, -0.2) is 82.2 Å². The zero-order valence-electron chi connectivity index (χ0n) is 25.2. The van der Waals surface area contributed by atoms with Gasteiger partial charge >= 0.3 is 6.01 Å². The highest BCUT2D eigenvalue weighted by Crippen LogP contribution is 2.62. The van der Waals surface area contributed by atoms with Crippen LogP contribution in [-0.2, 0) is 6.42 Å². The Kier molecular flexibility index (Phi) is 5.26. The van der Waals surface area contributed by atoms with E-state index < -0.39 is 12.0 Å². The largest absolute Gasteiger partial charge is 0.508 e. The number of alkyl halides is 1. The van der Waals surface area contributed by atoms with Crippen LogP contribution in [0, 0.1) is 11.7 Å². The van der Waals surface area contributed by atoms with Gasteiger partial charge in [-0.25, -0.2) is 8.78 Å². The van der Waals surface area contributed by atoms with Crippen molar-refractivity contribution in [3.05, 3.63) is 47.8 Å². The number of anilines is 1. The summed E-state index contributed by atoms with van der Waals surface area (Å²) in [6, 6.07) is 11.8. The van der Waals surface area contributed by atoms with E-state index in [-0.39, 0.29) is 35.0 Å². The molecule has 4 aromatic rings. The van der Waals surface area contributed by atoms with Crippen molar-refractivity contribution in [2.45, 2.75) is 68.4 Å². The topological polar surface area (TPSA) is 83.0 Å². The molecule has 11 rings (SSSR count). The van der Waals surface area contributed by atoms with E-state index in [1.165, 1.54) is 0 Å². The van der Waals surface area contributed by atoms with Crippen LogP contribution in [0.3, 0.4) is 0 Å².